The van der Waals surface area contributed by atoms with E-state index in [1.165, 1.54) is 67.6 Å². The van der Waals surface area contributed by atoms with Gasteiger partial charge in [-0.1, -0.05) is 54.2 Å². The third-order valence-corrected chi connectivity index (χ3v) is 12.6. The Morgan fingerprint density at radius 3 is 2.31 bits per heavy atom. The van der Waals surface area contributed by atoms with E-state index in [4.69, 9.17) is 23.4 Å². The van der Waals surface area contributed by atoms with Crippen LogP contribution in [0.4, 0.5) is 5.69 Å². The standard InChI is InChI=1S/C46H43NO18/c1-21-16-31(50)45(60)43(59,19-21)20-32(51)44-41(57)35-27(40(56)46(44,45)65-44)15-14-25(37(35)54)29-18-30(39(22(2)61-29)62-23(3)48)63-34(53)11-9-7-5-4-6-8-10-33(52)47-36-38(55)26-13-12-24(49)17-28(26)64-42(36)58/h4-17,22,29-30,32,39,41,49,51,54-55,57,59-60H,18-20H2,1-3H3,(H,47,52). The molecule has 1 aromatic heterocycles. The Balaban J connectivity index is 0.945. The second kappa shape index (κ2) is 16.1. The van der Waals surface area contributed by atoms with Gasteiger partial charge in [-0.15, -0.1) is 0 Å². The number of ether oxygens (including phenoxy) is 4. The molecule has 3 heterocycles. The lowest BCUT2D eigenvalue weighted by Gasteiger charge is -2.54. The molecular weight excluding hydrogens is 854 g/mol. The average Bonchev–Trinajstić information content (AvgIpc) is 3.97. The highest BCUT2D eigenvalue weighted by Crippen LogP contribution is 2.73. The number of phenols is 2. The van der Waals surface area contributed by atoms with Crippen molar-refractivity contribution in [3.63, 3.8) is 0 Å². The number of allylic oxidation sites excluding steroid dienone is 6. The van der Waals surface area contributed by atoms with Crippen molar-refractivity contribution in [1.82, 2.24) is 0 Å². The molecule has 65 heavy (non-hydrogen) atoms. The molecule has 10 unspecified atom stereocenters. The Morgan fingerprint density at radius 1 is 0.908 bits per heavy atom. The van der Waals surface area contributed by atoms with Gasteiger partial charge in [0.25, 0.3) is 0 Å². The normalized spacial score (nSPS) is 32.8. The van der Waals surface area contributed by atoms with Crippen LogP contribution in [0.25, 0.3) is 11.0 Å². The van der Waals surface area contributed by atoms with Gasteiger partial charge < -0.3 is 64.4 Å². The SMILES string of the molecule is CC(=O)OC1C(C)OC(c2ccc3c(c2O)C(O)C24OC2(C3=O)C2(O)C(=O)C=C(C)CC2(O)CC4O)CC1OC(=O)C=CC=CC=CC=CC(=O)Nc1c(O)c2ccc(O)cc2oc1=O. The van der Waals surface area contributed by atoms with Gasteiger partial charge >= 0.3 is 17.6 Å². The zero-order valence-electron chi connectivity index (χ0n) is 34.8. The number of benzene rings is 2. The zero-order chi connectivity index (χ0) is 47.0. The van der Waals surface area contributed by atoms with Crippen molar-refractivity contribution in [2.75, 3.05) is 5.32 Å². The summed E-state index contributed by atoms with van der Waals surface area (Å²) in [4.78, 5) is 77.6. The van der Waals surface area contributed by atoms with E-state index in [2.05, 4.69) is 5.32 Å². The van der Waals surface area contributed by atoms with Gasteiger partial charge in [0, 0.05) is 61.1 Å². The van der Waals surface area contributed by atoms with Crippen LogP contribution < -0.4 is 10.9 Å². The minimum atomic E-state index is -2.88. The summed E-state index contributed by atoms with van der Waals surface area (Å²) in [6.07, 6.45) is 2.65. The molecule has 19 heteroatoms. The first-order chi connectivity index (χ1) is 30.7. The van der Waals surface area contributed by atoms with E-state index in [-0.39, 0.29) is 46.3 Å². The second-order valence-corrected chi connectivity index (χ2v) is 16.7. The molecule has 0 spiro atoms. The minimum absolute atomic E-state index is 0.0123. The Hall–Kier alpha value is -6.74. The lowest BCUT2D eigenvalue weighted by atomic mass is 9.50. The van der Waals surface area contributed by atoms with Crippen LogP contribution in [0.15, 0.2) is 99.8 Å². The van der Waals surface area contributed by atoms with E-state index in [0.717, 1.165) is 31.2 Å². The molecule has 2 aromatic carbocycles. The van der Waals surface area contributed by atoms with Crippen molar-refractivity contribution >= 4 is 46.1 Å². The van der Waals surface area contributed by atoms with E-state index in [1.807, 2.05) is 0 Å². The first-order valence-corrected chi connectivity index (χ1v) is 20.3. The molecule has 3 aromatic rings. The molecule has 1 saturated carbocycles. The summed E-state index contributed by atoms with van der Waals surface area (Å²) < 4.78 is 28.2. The van der Waals surface area contributed by atoms with Crippen LogP contribution in [0, 0.1) is 0 Å². The predicted molar refractivity (Wildman–Crippen MR) is 222 cm³/mol. The number of hydrogen-bond donors (Lipinski definition) is 8. The second-order valence-electron chi connectivity index (χ2n) is 16.7. The number of esters is 2. The number of ketones is 2. The van der Waals surface area contributed by atoms with Gasteiger partial charge in [0.2, 0.25) is 17.3 Å². The van der Waals surface area contributed by atoms with Gasteiger partial charge in [0.1, 0.15) is 34.9 Å². The maximum absolute atomic E-state index is 14.4. The van der Waals surface area contributed by atoms with E-state index < -0.39 is 118 Å². The number of phenolic OH excluding ortho intramolecular Hbond substituents is 2. The molecule has 2 saturated heterocycles. The van der Waals surface area contributed by atoms with Crippen LogP contribution in [0.2, 0.25) is 0 Å². The van der Waals surface area contributed by atoms with Gasteiger partial charge in [0.05, 0.1) is 23.7 Å². The van der Waals surface area contributed by atoms with Crippen LogP contribution in [-0.4, -0.2) is 112 Å². The summed E-state index contributed by atoms with van der Waals surface area (Å²) in [5.74, 6) is -5.76. The Bertz CT molecular complexity index is 2780. The first-order valence-electron chi connectivity index (χ1n) is 20.3. The number of aliphatic hydroxyl groups excluding tert-OH is 2. The molecule has 8 rings (SSSR count). The Morgan fingerprint density at radius 2 is 1.60 bits per heavy atom. The average molecular weight is 898 g/mol. The van der Waals surface area contributed by atoms with E-state index in [0.29, 0.717) is 5.57 Å². The lowest BCUT2D eigenvalue weighted by molar-refractivity contribution is -0.210. The molecule has 0 bridgehead atoms. The number of epoxide rings is 1. The highest BCUT2D eigenvalue weighted by molar-refractivity contribution is 6.17. The highest BCUT2D eigenvalue weighted by atomic mass is 16.7. The zero-order valence-corrected chi connectivity index (χ0v) is 34.8. The van der Waals surface area contributed by atoms with Crippen molar-refractivity contribution in [1.29, 1.82) is 0 Å². The monoisotopic (exact) mass is 897 g/mol. The molecular formula is C46H43NO18. The van der Waals surface area contributed by atoms with Crippen LogP contribution in [-0.2, 0) is 38.1 Å². The van der Waals surface area contributed by atoms with Gasteiger partial charge in [-0.3, -0.25) is 19.2 Å². The molecule has 340 valence electrons. The number of nitrogens with one attached hydrogen (secondary N) is 1. The third kappa shape index (κ3) is 6.89. The minimum Gasteiger partial charge on any atom is -0.508 e. The van der Waals surface area contributed by atoms with Gasteiger partial charge in [-0.2, -0.15) is 0 Å². The first kappa shape index (κ1) is 44.9. The van der Waals surface area contributed by atoms with Gasteiger partial charge in [0.15, 0.2) is 34.5 Å². The number of anilines is 1. The summed E-state index contributed by atoms with van der Waals surface area (Å²) in [5.41, 5.74) is -12.0. The van der Waals surface area contributed by atoms with Crippen LogP contribution in [0.5, 0.6) is 17.2 Å². The number of hydrogen-bond acceptors (Lipinski definition) is 18. The summed E-state index contributed by atoms with van der Waals surface area (Å²) >= 11 is 0. The number of aliphatic hydroxyl groups is 4. The number of aromatic hydroxyl groups is 3. The molecule has 5 aliphatic rings. The van der Waals surface area contributed by atoms with Crippen LogP contribution in [0.3, 0.4) is 0 Å². The molecule has 19 nitrogen and oxygen atoms in total. The number of carbonyl (C=O) groups excluding carboxylic acids is 5. The fourth-order valence-electron chi connectivity index (χ4n) is 9.75. The molecule has 3 aliphatic carbocycles. The van der Waals surface area contributed by atoms with Crippen molar-refractivity contribution in [3.8, 4) is 17.2 Å². The third-order valence-electron chi connectivity index (χ3n) is 12.6. The van der Waals surface area contributed by atoms with Crippen LogP contribution >= 0.6 is 0 Å². The summed E-state index contributed by atoms with van der Waals surface area (Å²) in [5, 5.41) is 81.0. The topological polar surface area (TPSA) is 309 Å². The summed E-state index contributed by atoms with van der Waals surface area (Å²) in [6, 6.07) is 6.25. The number of Topliss-reactive ketones (excluding diaryl/α,β-unsaturated/α-hetero) is 1. The molecule has 10 atom stereocenters. The molecule has 3 fully saturated rings. The number of amides is 1. The largest absolute Gasteiger partial charge is 0.508 e. The maximum Gasteiger partial charge on any atom is 0.364 e. The van der Waals surface area contributed by atoms with Crippen molar-refractivity contribution in [2.45, 2.75) is 99.1 Å². The summed E-state index contributed by atoms with van der Waals surface area (Å²) in [7, 11) is 0. The molecule has 1 amide bonds. The number of fused-ring (bicyclic) bond motifs is 3. The summed E-state index contributed by atoms with van der Waals surface area (Å²) in [6.45, 7) is 4.24. The molecule has 2 aliphatic heterocycles. The Labute approximate surface area is 367 Å². The van der Waals surface area contributed by atoms with Crippen molar-refractivity contribution in [3.05, 3.63) is 118 Å². The van der Waals surface area contributed by atoms with E-state index in [9.17, 15) is 64.5 Å². The fraction of sp³-hybridized carbons (Fsp3) is 0.348. The number of carbonyl (C=O) groups is 5. The maximum atomic E-state index is 14.4. The Kier molecular flexibility index (Phi) is 11.1. The predicted octanol–water partition coefficient (Wildman–Crippen LogP) is 2.35. The molecule has 8 N–H and O–H groups in total. The van der Waals surface area contributed by atoms with Gasteiger partial charge in [-0.25, -0.2) is 9.59 Å². The number of rotatable bonds is 9. The highest BCUT2D eigenvalue weighted by Gasteiger charge is 2.96. The van der Waals surface area contributed by atoms with E-state index in [1.54, 1.807) is 6.92 Å². The quantitative estimate of drug-likeness (QED) is 0.0502. The lowest BCUT2D eigenvalue weighted by Crippen LogP contribution is -2.78. The van der Waals surface area contributed by atoms with E-state index >= 15 is 0 Å². The molecule has 0 radical (unpaired) electrons. The fourth-order valence-corrected chi connectivity index (χ4v) is 9.75. The van der Waals surface area contributed by atoms with Crippen LogP contribution in [0.1, 0.15) is 73.7 Å². The van der Waals surface area contributed by atoms with Gasteiger partial charge in [-0.05, 0) is 32.1 Å². The smallest absolute Gasteiger partial charge is 0.364 e. The van der Waals surface area contributed by atoms with Crippen molar-refractivity contribution in [2.24, 2.45) is 0 Å². The van der Waals surface area contributed by atoms with Crippen molar-refractivity contribution < 1.29 is 83.1 Å².